The summed E-state index contributed by atoms with van der Waals surface area (Å²) in [4.78, 5) is 2.52. The topological polar surface area (TPSA) is 24.5 Å². The maximum atomic E-state index is 5.28. The van der Waals surface area contributed by atoms with Gasteiger partial charge in [-0.05, 0) is 31.1 Å². The van der Waals surface area contributed by atoms with Gasteiger partial charge in [0.2, 0.25) is 0 Å². The molecular weight excluding hydrogens is 212 g/mol. The number of ether oxygens (including phenoxy) is 1. The van der Waals surface area contributed by atoms with E-state index in [1.165, 1.54) is 17.7 Å². The Bertz CT molecular complexity index is 374. The molecule has 0 saturated carbocycles. The summed E-state index contributed by atoms with van der Waals surface area (Å²) in [5, 5.41) is 3.46. The number of hydrogen-bond donors (Lipinski definition) is 1. The molecule has 1 atom stereocenters. The van der Waals surface area contributed by atoms with Crippen molar-refractivity contribution in [1.29, 1.82) is 0 Å². The predicted molar refractivity (Wildman–Crippen MR) is 71.8 cm³/mol. The zero-order valence-electron chi connectivity index (χ0n) is 11.0. The third kappa shape index (κ3) is 2.39. The van der Waals surface area contributed by atoms with Crippen molar-refractivity contribution in [3.8, 4) is 5.75 Å². The van der Waals surface area contributed by atoms with Gasteiger partial charge in [0.15, 0.2) is 0 Å². The van der Waals surface area contributed by atoms with E-state index >= 15 is 0 Å². The van der Waals surface area contributed by atoms with Crippen molar-refractivity contribution in [2.24, 2.45) is 0 Å². The van der Waals surface area contributed by atoms with Crippen LogP contribution < -0.4 is 10.1 Å². The number of fused-ring (bicyclic) bond motifs is 1. The van der Waals surface area contributed by atoms with E-state index in [0.717, 1.165) is 25.4 Å². The lowest BCUT2D eigenvalue weighted by Gasteiger charge is -2.35. The van der Waals surface area contributed by atoms with Crippen LogP contribution in [0.3, 0.4) is 0 Å². The molecule has 0 saturated heterocycles. The molecule has 0 aromatic heterocycles. The highest BCUT2D eigenvalue weighted by Gasteiger charge is 2.24. The number of nitrogens with zero attached hydrogens (tertiary/aromatic N) is 1. The van der Waals surface area contributed by atoms with Gasteiger partial charge < -0.3 is 10.1 Å². The molecule has 0 fully saturated rings. The summed E-state index contributed by atoms with van der Waals surface area (Å²) in [6, 6.07) is 6.91. The van der Waals surface area contributed by atoms with E-state index < -0.39 is 0 Å². The van der Waals surface area contributed by atoms with E-state index in [0.29, 0.717) is 6.04 Å². The van der Waals surface area contributed by atoms with Crippen molar-refractivity contribution in [3.63, 3.8) is 0 Å². The molecule has 1 N–H and O–H groups in total. The molecule has 0 spiro atoms. The van der Waals surface area contributed by atoms with E-state index in [1.54, 1.807) is 7.11 Å². The average Bonchev–Trinajstić information content (AvgIpc) is 2.39. The van der Waals surface area contributed by atoms with E-state index in [-0.39, 0.29) is 0 Å². The van der Waals surface area contributed by atoms with Crippen LogP contribution >= 0.6 is 0 Å². The van der Waals surface area contributed by atoms with Crippen LogP contribution in [0.2, 0.25) is 0 Å². The minimum Gasteiger partial charge on any atom is -0.497 e. The molecule has 1 aromatic rings. The van der Waals surface area contributed by atoms with Gasteiger partial charge in [0.05, 0.1) is 7.11 Å². The maximum absolute atomic E-state index is 5.28. The lowest BCUT2D eigenvalue weighted by molar-refractivity contribution is 0.208. The summed E-state index contributed by atoms with van der Waals surface area (Å²) >= 11 is 0. The SMILES string of the molecule is CCN(CC)C1CCNc2cc(OC)ccc21. The van der Waals surface area contributed by atoms with Crippen LogP contribution in [0.25, 0.3) is 0 Å². The molecule has 1 heterocycles. The molecule has 3 heteroatoms. The fourth-order valence-electron chi connectivity index (χ4n) is 2.65. The fourth-order valence-corrected chi connectivity index (χ4v) is 2.65. The zero-order valence-corrected chi connectivity index (χ0v) is 11.0. The Morgan fingerprint density at radius 2 is 2.12 bits per heavy atom. The largest absolute Gasteiger partial charge is 0.497 e. The molecule has 2 rings (SSSR count). The number of hydrogen-bond acceptors (Lipinski definition) is 3. The van der Waals surface area contributed by atoms with Gasteiger partial charge >= 0.3 is 0 Å². The smallest absolute Gasteiger partial charge is 0.120 e. The first-order valence-corrected chi connectivity index (χ1v) is 6.46. The molecule has 0 aliphatic carbocycles. The van der Waals surface area contributed by atoms with Crippen molar-refractivity contribution in [2.75, 3.05) is 32.1 Å². The summed E-state index contributed by atoms with van der Waals surface area (Å²) in [5.41, 5.74) is 2.63. The van der Waals surface area contributed by atoms with Gasteiger partial charge in [0.25, 0.3) is 0 Å². The Hall–Kier alpha value is -1.22. The number of methoxy groups -OCH3 is 1. The molecule has 94 valence electrons. The zero-order chi connectivity index (χ0) is 12.3. The number of rotatable bonds is 4. The standard InChI is InChI=1S/C14H22N2O/c1-4-16(5-2)14-8-9-15-13-10-11(17-3)6-7-12(13)14/h6-7,10,14-15H,4-5,8-9H2,1-3H3. The summed E-state index contributed by atoms with van der Waals surface area (Å²) in [5.74, 6) is 0.927. The van der Waals surface area contributed by atoms with Crippen molar-refractivity contribution >= 4 is 5.69 Å². The number of anilines is 1. The second-order valence-corrected chi connectivity index (χ2v) is 4.41. The minimum atomic E-state index is 0.548. The minimum absolute atomic E-state index is 0.548. The van der Waals surface area contributed by atoms with E-state index in [2.05, 4.69) is 42.3 Å². The van der Waals surface area contributed by atoms with E-state index in [1.807, 2.05) is 0 Å². The summed E-state index contributed by atoms with van der Waals surface area (Å²) in [7, 11) is 1.71. The molecule has 0 amide bonds. The molecular formula is C14H22N2O. The summed E-state index contributed by atoms with van der Waals surface area (Å²) in [6.45, 7) is 7.71. The van der Waals surface area contributed by atoms with Gasteiger partial charge in [-0.25, -0.2) is 0 Å². The Morgan fingerprint density at radius 1 is 1.35 bits per heavy atom. The first-order chi connectivity index (χ1) is 8.30. The van der Waals surface area contributed by atoms with Gasteiger partial charge in [0, 0.05) is 24.3 Å². The molecule has 1 unspecified atom stereocenters. The third-order valence-electron chi connectivity index (χ3n) is 3.61. The van der Waals surface area contributed by atoms with Crippen LogP contribution in [0.5, 0.6) is 5.75 Å². The van der Waals surface area contributed by atoms with Crippen molar-refractivity contribution in [2.45, 2.75) is 26.3 Å². The van der Waals surface area contributed by atoms with Crippen LogP contribution in [-0.4, -0.2) is 31.6 Å². The lowest BCUT2D eigenvalue weighted by Crippen LogP contribution is -2.33. The molecule has 0 radical (unpaired) electrons. The quantitative estimate of drug-likeness (QED) is 0.867. The summed E-state index contributed by atoms with van der Waals surface area (Å²) in [6.07, 6.45) is 1.18. The van der Waals surface area contributed by atoms with Gasteiger partial charge in [-0.2, -0.15) is 0 Å². The predicted octanol–water partition coefficient (Wildman–Crippen LogP) is 2.89. The second kappa shape index (κ2) is 5.41. The molecule has 1 aliphatic heterocycles. The van der Waals surface area contributed by atoms with Crippen molar-refractivity contribution in [1.82, 2.24) is 4.90 Å². The van der Waals surface area contributed by atoms with E-state index in [9.17, 15) is 0 Å². The van der Waals surface area contributed by atoms with Gasteiger partial charge in [-0.1, -0.05) is 19.9 Å². The van der Waals surface area contributed by atoms with Gasteiger partial charge in [-0.15, -0.1) is 0 Å². The fraction of sp³-hybridized carbons (Fsp3) is 0.571. The van der Waals surface area contributed by atoms with E-state index in [4.69, 9.17) is 4.74 Å². The second-order valence-electron chi connectivity index (χ2n) is 4.41. The van der Waals surface area contributed by atoms with Crippen LogP contribution in [0, 0.1) is 0 Å². The van der Waals surface area contributed by atoms with Crippen LogP contribution in [-0.2, 0) is 0 Å². The third-order valence-corrected chi connectivity index (χ3v) is 3.61. The summed E-state index contributed by atoms with van der Waals surface area (Å²) < 4.78 is 5.28. The first kappa shape index (κ1) is 12.2. The average molecular weight is 234 g/mol. The number of nitrogens with one attached hydrogen (secondary N) is 1. The molecule has 1 aliphatic rings. The van der Waals surface area contributed by atoms with Gasteiger partial charge in [0.1, 0.15) is 5.75 Å². The number of benzene rings is 1. The Labute approximate surface area is 104 Å². The normalized spacial score (nSPS) is 18.7. The Balaban J connectivity index is 2.31. The maximum Gasteiger partial charge on any atom is 0.120 e. The van der Waals surface area contributed by atoms with Crippen LogP contribution in [0.1, 0.15) is 31.9 Å². The van der Waals surface area contributed by atoms with Crippen molar-refractivity contribution < 1.29 is 4.74 Å². The molecule has 1 aromatic carbocycles. The highest BCUT2D eigenvalue weighted by atomic mass is 16.5. The molecule has 17 heavy (non-hydrogen) atoms. The lowest BCUT2D eigenvalue weighted by atomic mass is 9.96. The molecule has 0 bridgehead atoms. The molecule has 3 nitrogen and oxygen atoms in total. The Kier molecular flexibility index (Phi) is 3.89. The highest BCUT2D eigenvalue weighted by molar-refractivity contribution is 5.58. The highest BCUT2D eigenvalue weighted by Crippen LogP contribution is 2.35. The van der Waals surface area contributed by atoms with Gasteiger partial charge in [-0.3, -0.25) is 4.90 Å². The first-order valence-electron chi connectivity index (χ1n) is 6.46. The van der Waals surface area contributed by atoms with Crippen LogP contribution in [0.4, 0.5) is 5.69 Å². The van der Waals surface area contributed by atoms with Crippen LogP contribution in [0.15, 0.2) is 18.2 Å². The monoisotopic (exact) mass is 234 g/mol. The Morgan fingerprint density at radius 3 is 2.76 bits per heavy atom. The van der Waals surface area contributed by atoms with Crippen molar-refractivity contribution in [3.05, 3.63) is 23.8 Å².